The molecular formula is C8H10Cl2O5. The molecule has 5 nitrogen and oxygen atoms in total. The van der Waals surface area contributed by atoms with Gasteiger partial charge in [-0.25, -0.2) is 4.79 Å². The van der Waals surface area contributed by atoms with Crippen LogP contribution >= 0.6 is 23.2 Å². The first-order chi connectivity index (χ1) is 7.11. The largest absolute Gasteiger partial charge is 0.464 e. The van der Waals surface area contributed by atoms with Crippen molar-refractivity contribution in [3.05, 3.63) is 0 Å². The molecule has 0 N–H and O–H groups in total. The molecule has 0 atom stereocenters. The molecule has 15 heavy (non-hydrogen) atoms. The normalized spacial score (nSPS) is 9.47. The van der Waals surface area contributed by atoms with Crippen LogP contribution in [0, 0.1) is 0 Å². The van der Waals surface area contributed by atoms with E-state index in [2.05, 4.69) is 9.47 Å². The molecule has 0 spiro atoms. The molecule has 0 saturated heterocycles. The highest BCUT2D eigenvalue weighted by molar-refractivity contribution is 6.36. The van der Waals surface area contributed by atoms with Crippen molar-refractivity contribution < 1.29 is 23.9 Å². The van der Waals surface area contributed by atoms with E-state index in [0.717, 1.165) is 0 Å². The maximum Gasteiger partial charge on any atom is 0.375 e. The number of hydrogen-bond acceptors (Lipinski definition) is 5. The third kappa shape index (κ3) is 7.16. The summed E-state index contributed by atoms with van der Waals surface area (Å²) >= 11 is 10.5. The van der Waals surface area contributed by atoms with Gasteiger partial charge in [0.15, 0.2) is 0 Å². The van der Waals surface area contributed by atoms with Crippen LogP contribution in [-0.2, 0) is 23.9 Å². The Hall–Kier alpha value is -0.810. The van der Waals surface area contributed by atoms with Crippen LogP contribution < -0.4 is 0 Å². The second-order valence-electron chi connectivity index (χ2n) is 2.33. The van der Waals surface area contributed by atoms with Crippen molar-refractivity contribution in [2.45, 2.75) is 6.42 Å². The minimum Gasteiger partial charge on any atom is -0.464 e. The first-order valence-electron chi connectivity index (χ1n) is 4.09. The maximum atomic E-state index is 11.0. The number of ether oxygens (including phenoxy) is 2. The predicted molar refractivity (Wildman–Crippen MR) is 53.0 cm³/mol. The fourth-order valence-corrected chi connectivity index (χ4v) is 0.773. The first kappa shape index (κ1) is 14.2. The van der Waals surface area contributed by atoms with Crippen LogP contribution in [0.3, 0.4) is 0 Å². The number of ketones is 1. The van der Waals surface area contributed by atoms with E-state index in [9.17, 15) is 14.4 Å². The molecule has 0 saturated carbocycles. The number of carbonyl (C=O) groups excluding carboxylic acids is 3. The maximum absolute atomic E-state index is 11.0. The van der Waals surface area contributed by atoms with Crippen LogP contribution in [0.2, 0.25) is 0 Å². The lowest BCUT2D eigenvalue weighted by Crippen LogP contribution is -2.22. The summed E-state index contributed by atoms with van der Waals surface area (Å²) in [5.74, 6) is -2.62. The van der Waals surface area contributed by atoms with Crippen molar-refractivity contribution in [1.29, 1.82) is 0 Å². The van der Waals surface area contributed by atoms with Crippen LogP contribution in [0.1, 0.15) is 6.42 Å². The van der Waals surface area contributed by atoms with Crippen molar-refractivity contribution in [3.8, 4) is 0 Å². The molecule has 0 aliphatic carbocycles. The molecule has 0 heterocycles. The standard InChI is InChI=1S/C8H10Cl2O5/c9-1-3-14-7(12)5-6(11)8(13)15-4-2-10/h1-5H2. The van der Waals surface area contributed by atoms with Gasteiger partial charge in [-0.2, -0.15) is 0 Å². The Bertz CT molecular complexity index is 241. The average molecular weight is 257 g/mol. The van der Waals surface area contributed by atoms with Gasteiger partial charge in [0.05, 0.1) is 11.8 Å². The summed E-state index contributed by atoms with van der Waals surface area (Å²) in [5, 5.41) is 0. The van der Waals surface area contributed by atoms with Gasteiger partial charge in [0.2, 0.25) is 0 Å². The molecule has 0 aromatic carbocycles. The van der Waals surface area contributed by atoms with E-state index in [-0.39, 0.29) is 25.0 Å². The monoisotopic (exact) mass is 256 g/mol. The number of carbonyl (C=O) groups is 3. The van der Waals surface area contributed by atoms with Gasteiger partial charge in [0, 0.05) is 0 Å². The molecule has 0 aromatic rings. The number of rotatable bonds is 7. The van der Waals surface area contributed by atoms with Crippen LogP contribution in [0.4, 0.5) is 0 Å². The molecule has 0 amide bonds. The highest BCUT2D eigenvalue weighted by Crippen LogP contribution is 1.93. The Morgan fingerprint density at radius 3 is 2.00 bits per heavy atom. The van der Waals surface area contributed by atoms with E-state index >= 15 is 0 Å². The molecule has 0 fully saturated rings. The smallest absolute Gasteiger partial charge is 0.375 e. The number of alkyl halides is 2. The van der Waals surface area contributed by atoms with Crippen molar-refractivity contribution >= 4 is 40.9 Å². The molecule has 7 heteroatoms. The highest BCUT2D eigenvalue weighted by atomic mass is 35.5. The Morgan fingerprint density at radius 1 is 0.933 bits per heavy atom. The summed E-state index contributed by atoms with van der Waals surface area (Å²) in [6.45, 7) is -0.0622. The van der Waals surface area contributed by atoms with Gasteiger partial charge in [0.1, 0.15) is 19.6 Å². The van der Waals surface area contributed by atoms with E-state index in [4.69, 9.17) is 23.2 Å². The number of halogens is 2. The zero-order valence-electron chi connectivity index (χ0n) is 7.83. The summed E-state index contributed by atoms with van der Waals surface area (Å²) in [4.78, 5) is 32.7. The molecule has 0 aliphatic rings. The molecule has 86 valence electrons. The predicted octanol–water partition coefficient (Wildman–Crippen LogP) is 0.510. The van der Waals surface area contributed by atoms with Crippen LogP contribution in [0.5, 0.6) is 0 Å². The summed E-state index contributed by atoms with van der Waals surface area (Å²) in [6.07, 6.45) is -0.641. The van der Waals surface area contributed by atoms with Crippen LogP contribution in [0.25, 0.3) is 0 Å². The van der Waals surface area contributed by atoms with Gasteiger partial charge >= 0.3 is 11.9 Å². The summed E-state index contributed by atoms with van der Waals surface area (Å²) < 4.78 is 8.89. The second-order valence-corrected chi connectivity index (χ2v) is 3.09. The van der Waals surface area contributed by atoms with Crippen molar-refractivity contribution in [2.75, 3.05) is 25.0 Å². The van der Waals surface area contributed by atoms with Gasteiger partial charge in [-0.15, -0.1) is 23.2 Å². The SMILES string of the molecule is O=C(CC(=O)C(=O)OCCCl)OCCCl. The van der Waals surface area contributed by atoms with Crippen molar-refractivity contribution in [3.63, 3.8) is 0 Å². The van der Waals surface area contributed by atoms with E-state index in [1.165, 1.54) is 0 Å². The molecule has 0 radical (unpaired) electrons. The Labute approximate surface area is 96.6 Å². The quantitative estimate of drug-likeness (QED) is 0.287. The van der Waals surface area contributed by atoms with Crippen LogP contribution in [0.15, 0.2) is 0 Å². The van der Waals surface area contributed by atoms with Gasteiger partial charge < -0.3 is 9.47 Å². The summed E-state index contributed by atoms with van der Waals surface area (Å²) in [6, 6.07) is 0. The van der Waals surface area contributed by atoms with E-state index in [1.807, 2.05) is 0 Å². The van der Waals surface area contributed by atoms with E-state index in [0.29, 0.717) is 0 Å². The third-order valence-corrected chi connectivity index (χ3v) is 1.49. The number of esters is 2. The third-order valence-electron chi connectivity index (χ3n) is 1.18. The molecule has 0 unspecified atom stereocenters. The zero-order valence-corrected chi connectivity index (χ0v) is 9.34. The fraction of sp³-hybridized carbons (Fsp3) is 0.625. The summed E-state index contributed by atoms with van der Waals surface area (Å²) in [5.41, 5.74) is 0. The lowest BCUT2D eigenvalue weighted by Gasteiger charge is -2.02. The lowest BCUT2D eigenvalue weighted by atomic mass is 10.3. The van der Waals surface area contributed by atoms with Gasteiger partial charge in [0.25, 0.3) is 5.78 Å². The number of Topliss-reactive ketones (excluding diaryl/α,β-unsaturated/α-hetero) is 1. The van der Waals surface area contributed by atoms with Gasteiger partial charge in [-0.1, -0.05) is 0 Å². The summed E-state index contributed by atoms with van der Waals surface area (Å²) in [7, 11) is 0. The Kier molecular flexibility index (Phi) is 8.04. The molecule has 0 aromatic heterocycles. The van der Waals surface area contributed by atoms with Gasteiger partial charge in [-0.05, 0) is 0 Å². The molecule has 0 rings (SSSR count). The minimum absolute atomic E-state index is 0.00436. The van der Waals surface area contributed by atoms with Crippen molar-refractivity contribution in [1.82, 2.24) is 0 Å². The fourth-order valence-electron chi connectivity index (χ4n) is 0.618. The highest BCUT2D eigenvalue weighted by Gasteiger charge is 2.19. The van der Waals surface area contributed by atoms with Crippen LogP contribution in [-0.4, -0.2) is 42.7 Å². The topological polar surface area (TPSA) is 69.7 Å². The number of hydrogen-bond donors (Lipinski definition) is 0. The van der Waals surface area contributed by atoms with E-state index < -0.39 is 24.1 Å². The zero-order chi connectivity index (χ0) is 11.7. The van der Waals surface area contributed by atoms with Gasteiger partial charge in [-0.3, -0.25) is 9.59 Å². The molecular weight excluding hydrogens is 247 g/mol. The average Bonchev–Trinajstić information content (AvgIpc) is 2.22. The van der Waals surface area contributed by atoms with E-state index in [1.54, 1.807) is 0 Å². The molecule has 0 bridgehead atoms. The Morgan fingerprint density at radius 2 is 1.47 bits per heavy atom. The Balaban J connectivity index is 3.80. The minimum atomic E-state index is -1.08. The lowest BCUT2D eigenvalue weighted by molar-refractivity contribution is -0.157. The first-order valence-corrected chi connectivity index (χ1v) is 5.16. The molecule has 0 aliphatic heterocycles. The van der Waals surface area contributed by atoms with Crippen molar-refractivity contribution in [2.24, 2.45) is 0 Å². The second kappa shape index (κ2) is 8.49.